The van der Waals surface area contributed by atoms with E-state index in [0.29, 0.717) is 12.3 Å². The molecular weight excluding hydrogens is 356 g/mol. The zero-order chi connectivity index (χ0) is 21.0. The van der Waals surface area contributed by atoms with Crippen LogP contribution in [0.3, 0.4) is 0 Å². The molecule has 29 heavy (non-hydrogen) atoms. The monoisotopic (exact) mass is 406 g/mol. The van der Waals surface area contributed by atoms with Crippen molar-refractivity contribution in [3.63, 3.8) is 0 Å². The third kappa shape index (κ3) is 16.7. The molecule has 1 aliphatic carbocycles. The third-order valence-electron chi connectivity index (χ3n) is 6.28. The first kappa shape index (κ1) is 26.2. The molecule has 170 valence electrons. The highest BCUT2D eigenvalue weighted by atomic mass is 16.5. The topological polar surface area (TPSA) is 26.3 Å². The summed E-state index contributed by atoms with van der Waals surface area (Å²) < 4.78 is 5.83. The first-order chi connectivity index (χ1) is 14.2. The maximum Gasteiger partial charge on any atom is 0.310 e. The fourth-order valence-electron chi connectivity index (χ4n) is 4.35. The normalized spacial score (nSPS) is 22.1. The zero-order valence-electron chi connectivity index (χ0n) is 19.8. The van der Waals surface area contributed by atoms with Crippen LogP contribution >= 0.6 is 0 Å². The summed E-state index contributed by atoms with van der Waals surface area (Å²) in [6, 6.07) is 0. The van der Waals surface area contributed by atoms with Crippen molar-refractivity contribution in [2.24, 2.45) is 5.92 Å². The van der Waals surface area contributed by atoms with Gasteiger partial charge in [-0.15, -0.1) is 0 Å². The Morgan fingerprint density at radius 2 is 1.31 bits per heavy atom. The second kappa shape index (κ2) is 19.2. The van der Waals surface area contributed by atoms with Crippen LogP contribution in [0.4, 0.5) is 0 Å². The molecule has 0 heterocycles. The lowest BCUT2D eigenvalue weighted by atomic mass is 10.0. The van der Waals surface area contributed by atoms with Crippen LogP contribution < -0.4 is 0 Å². The Kier molecular flexibility index (Phi) is 17.4. The van der Waals surface area contributed by atoms with Crippen molar-refractivity contribution in [2.45, 2.75) is 149 Å². The van der Waals surface area contributed by atoms with E-state index < -0.39 is 0 Å². The minimum absolute atomic E-state index is 0.00708. The lowest BCUT2D eigenvalue weighted by molar-refractivity contribution is -0.139. The van der Waals surface area contributed by atoms with E-state index in [1.807, 2.05) is 0 Å². The summed E-state index contributed by atoms with van der Waals surface area (Å²) in [7, 11) is 0. The van der Waals surface area contributed by atoms with Gasteiger partial charge in [0.1, 0.15) is 5.76 Å². The highest BCUT2D eigenvalue weighted by molar-refractivity contribution is 5.70. The number of hydrogen-bond acceptors (Lipinski definition) is 2. The first-order valence-corrected chi connectivity index (χ1v) is 13.1. The fraction of sp³-hybridized carbons (Fsp3) is 0.889. The standard InChI is InChI=1S/C27H50O2/c1-3-4-5-6-7-14-17-20-23-27(28)29-26-22-19-16-13-11-9-8-10-12-15-18-21-25(2)24-26/h24-25H,3-23H2,1-2H3/b26-24+. The summed E-state index contributed by atoms with van der Waals surface area (Å²) in [6.07, 6.45) is 28.5. The van der Waals surface area contributed by atoms with Crippen LogP contribution in [0.5, 0.6) is 0 Å². The number of carbonyl (C=O) groups is 1. The minimum atomic E-state index is -0.00708. The molecule has 2 heteroatoms. The molecule has 1 unspecified atom stereocenters. The first-order valence-electron chi connectivity index (χ1n) is 13.1. The van der Waals surface area contributed by atoms with Gasteiger partial charge in [0.25, 0.3) is 0 Å². The van der Waals surface area contributed by atoms with Gasteiger partial charge in [0.2, 0.25) is 0 Å². The van der Waals surface area contributed by atoms with E-state index in [2.05, 4.69) is 19.9 Å². The molecule has 0 aromatic carbocycles. The summed E-state index contributed by atoms with van der Waals surface area (Å²) in [5.74, 6) is 1.47. The summed E-state index contributed by atoms with van der Waals surface area (Å²) in [4.78, 5) is 12.3. The number of esters is 1. The van der Waals surface area contributed by atoms with E-state index in [9.17, 15) is 4.79 Å². The molecule has 1 aliphatic rings. The molecule has 0 radical (unpaired) electrons. The van der Waals surface area contributed by atoms with Crippen molar-refractivity contribution in [2.75, 3.05) is 0 Å². The van der Waals surface area contributed by atoms with E-state index in [1.54, 1.807) is 0 Å². The second-order valence-corrected chi connectivity index (χ2v) is 9.38. The van der Waals surface area contributed by atoms with E-state index in [4.69, 9.17) is 4.74 Å². The molecule has 0 saturated heterocycles. The molecule has 0 amide bonds. The maximum atomic E-state index is 12.3. The van der Waals surface area contributed by atoms with Gasteiger partial charge < -0.3 is 4.74 Å². The maximum absolute atomic E-state index is 12.3. The zero-order valence-corrected chi connectivity index (χ0v) is 19.8. The summed E-state index contributed by atoms with van der Waals surface area (Å²) in [5, 5.41) is 0. The summed E-state index contributed by atoms with van der Waals surface area (Å²) in [5.41, 5.74) is 0. The quantitative estimate of drug-likeness (QED) is 0.267. The van der Waals surface area contributed by atoms with Crippen LogP contribution in [0.25, 0.3) is 0 Å². The van der Waals surface area contributed by atoms with Crippen LogP contribution in [0.2, 0.25) is 0 Å². The van der Waals surface area contributed by atoms with E-state index >= 15 is 0 Å². The van der Waals surface area contributed by atoms with Crippen LogP contribution in [0, 0.1) is 5.92 Å². The predicted octanol–water partition coefficient (Wildman–Crippen LogP) is 9.28. The van der Waals surface area contributed by atoms with E-state index in [1.165, 1.54) is 103 Å². The number of hydrogen-bond donors (Lipinski definition) is 0. The van der Waals surface area contributed by atoms with Crippen LogP contribution in [0.15, 0.2) is 11.8 Å². The average Bonchev–Trinajstić information content (AvgIpc) is 2.70. The molecule has 0 spiro atoms. The third-order valence-corrected chi connectivity index (χ3v) is 6.28. The van der Waals surface area contributed by atoms with Gasteiger partial charge >= 0.3 is 5.97 Å². The fourth-order valence-corrected chi connectivity index (χ4v) is 4.35. The number of ether oxygens (including phenoxy) is 1. The molecule has 1 rings (SSSR count). The van der Waals surface area contributed by atoms with Gasteiger partial charge in [-0.3, -0.25) is 4.79 Å². The van der Waals surface area contributed by atoms with Crippen molar-refractivity contribution in [3.8, 4) is 0 Å². The molecule has 0 saturated carbocycles. The van der Waals surface area contributed by atoms with E-state index in [-0.39, 0.29) is 5.97 Å². The molecule has 0 aromatic heterocycles. The van der Waals surface area contributed by atoms with Crippen molar-refractivity contribution in [3.05, 3.63) is 11.8 Å². The SMILES string of the molecule is CCCCCCCCCCC(=O)O/C1=C/C(C)CCCCCCCCCCCC1. The molecule has 0 aromatic rings. The van der Waals surface area contributed by atoms with Gasteiger partial charge in [-0.2, -0.15) is 0 Å². The Morgan fingerprint density at radius 1 is 0.793 bits per heavy atom. The van der Waals surface area contributed by atoms with Crippen LogP contribution in [-0.4, -0.2) is 5.97 Å². The number of allylic oxidation sites excluding steroid dienone is 2. The highest BCUT2D eigenvalue weighted by Crippen LogP contribution is 2.21. The predicted molar refractivity (Wildman–Crippen MR) is 126 cm³/mol. The molecule has 0 bridgehead atoms. The van der Waals surface area contributed by atoms with E-state index in [0.717, 1.165) is 31.4 Å². The highest BCUT2D eigenvalue weighted by Gasteiger charge is 2.10. The van der Waals surface area contributed by atoms with Gasteiger partial charge in [0.15, 0.2) is 0 Å². The smallest absolute Gasteiger partial charge is 0.310 e. The summed E-state index contributed by atoms with van der Waals surface area (Å²) >= 11 is 0. The molecule has 0 N–H and O–H groups in total. The number of carbonyl (C=O) groups excluding carboxylic acids is 1. The van der Waals surface area contributed by atoms with Crippen molar-refractivity contribution >= 4 is 5.97 Å². The largest absolute Gasteiger partial charge is 0.431 e. The minimum Gasteiger partial charge on any atom is -0.431 e. The van der Waals surface area contributed by atoms with Gasteiger partial charge in [0, 0.05) is 12.8 Å². The van der Waals surface area contributed by atoms with Crippen molar-refractivity contribution in [1.29, 1.82) is 0 Å². The second-order valence-electron chi connectivity index (χ2n) is 9.38. The van der Waals surface area contributed by atoms with Crippen LogP contribution in [-0.2, 0) is 9.53 Å². The molecule has 0 fully saturated rings. The molecular formula is C27H50O2. The van der Waals surface area contributed by atoms with Gasteiger partial charge in [0.05, 0.1) is 0 Å². The number of unbranched alkanes of at least 4 members (excludes halogenated alkanes) is 7. The average molecular weight is 407 g/mol. The summed E-state index contributed by atoms with van der Waals surface area (Å²) in [6.45, 7) is 4.54. The lowest BCUT2D eigenvalue weighted by Crippen LogP contribution is -2.06. The lowest BCUT2D eigenvalue weighted by Gasteiger charge is -2.13. The molecule has 1 atom stereocenters. The Labute approximate surface area is 182 Å². The Balaban J connectivity index is 2.31. The Bertz CT molecular complexity index is 413. The van der Waals surface area contributed by atoms with Crippen molar-refractivity contribution in [1.82, 2.24) is 0 Å². The number of rotatable bonds is 10. The van der Waals surface area contributed by atoms with Gasteiger partial charge in [-0.05, 0) is 31.3 Å². The van der Waals surface area contributed by atoms with Gasteiger partial charge in [-0.25, -0.2) is 0 Å². The molecule has 2 nitrogen and oxygen atoms in total. The molecule has 0 aliphatic heterocycles. The Morgan fingerprint density at radius 3 is 1.93 bits per heavy atom. The Hall–Kier alpha value is -0.790. The van der Waals surface area contributed by atoms with Crippen molar-refractivity contribution < 1.29 is 9.53 Å². The van der Waals surface area contributed by atoms with Crippen LogP contribution in [0.1, 0.15) is 149 Å². The van der Waals surface area contributed by atoms with Gasteiger partial charge in [-0.1, -0.05) is 117 Å².